The van der Waals surface area contributed by atoms with Gasteiger partial charge in [-0.2, -0.15) is 0 Å². The maximum Gasteiger partial charge on any atom is 0.0303 e. The van der Waals surface area contributed by atoms with Crippen LogP contribution in [0.4, 0.5) is 0 Å². The third-order valence-electron chi connectivity index (χ3n) is 3.97. The van der Waals surface area contributed by atoms with Crippen LogP contribution in [-0.2, 0) is 0 Å². The van der Waals surface area contributed by atoms with Crippen molar-refractivity contribution in [2.24, 2.45) is 11.7 Å². The topological polar surface area (TPSA) is 29.3 Å². The van der Waals surface area contributed by atoms with Gasteiger partial charge >= 0.3 is 0 Å². The predicted octanol–water partition coefficient (Wildman–Crippen LogP) is 2.63. The van der Waals surface area contributed by atoms with Gasteiger partial charge in [-0.15, -0.1) is 0 Å². The molecule has 0 saturated carbocycles. The van der Waals surface area contributed by atoms with E-state index in [1.54, 1.807) is 0 Å². The highest BCUT2D eigenvalue weighted by molar-refractivity contribution is 4.91. The van der Waals surface area contributed by atoms with Crippen molar-refractivity contribution in [3.05, 3.63) is 0 Å². The van der Waals surface area contributed by atoms with Crippen molar-refractivity contribution in [1.82, 2.24) is 4.90 Å². The Labute approximate surface area is 95.2 Å². The van der Waals surface area contributed by atoms with E-state index in [0.717, 1.165) is 12.5 Å². The quantitative estimate of drug-likeness (QED) is 0.733. The first-order chi connectivity index (χ1) is 7.16. The molecule has 1 rings (SSSR count). The zero-order chi connectivity index (χ0) is 11.3. The van der Waals surface area contributed by atoms with Gasteiger partial charge in [-0.25, -0.2) is 0 Å². The highest BCUT2D eigenvalue weighted by atomic mass is 15.2. The molecule has 0 aliphatic carbocycles. The lowest BCUT2D eigenvalue weighted by Gasteiger charge is -2.38. The molecule has 90 valence electrons. The van der Waals surface area contributed by atoms with E-state index in [0.29, 0.717) is 0 Å². The van der Waals surface area contributed by atoms with Gasteiger partial charge in [0, 0.05) is 18.6 Å². The molecule has 0 aromatic rings. The van der Waals surface area contributed by atoms with Gasteiger partial charge in [0.2, 0.25) is 0 Å². The second kappa shape index (κ2) is 5.86. The van der Waals surface area contributed by atoms with Crippen LogP contribution in [0.2, 0.25) is 0 Å². The second-order valence-corrected chi connectivity index (χ2v) is 5.34. The van der Waals surface area contributed by atoms with Gasteiger partial charge in [0.1, 0.15) is 0 Å². The average Bonchev–Trinajstić information content (AvgIpc) is 2.68. The van der Waals surface area contributed by atoms with Crippen molar-refractivity contribution in [2.75, 3.05) is 19.6 Å². The molecule has 2 heteroatoms. The van der Waals surface area contributed by atoms with Crippen LogP contribution in [0.5, 0.6) is 0 Å². The van der Waals surface area contributed by atoms with Crippen LogP contribution in [0, 0.1) is 5.92 Å². The van der Waals surface area contributed by atoms with Gasteiger partial charge in [0.25, 0.3) is 0 Å². The Kier molecular flexibility index (Phi) is 5.07. The fourth-order valence-corrected chi connectivity index (χ4v) is 2.89. The van der Waals surface area contributed by atoms with E-state index in [1.807, 2.05) is 0 Å². The zero-order valence-electron chi connectivity index (χ0n) is 10.8. The van der Waals surface area contributed by atoms with Crippen LogP contribution in [0.25, 0.3) is 0 Å². The molecule has 1 fully saturated rings. The van der Waals surface area contributed by atoms with Crippen LogP contribution >= 0.6 is 0 Å². The van der Waals surface area contributed by atoms with Crippen LogP contribution in [0.1, 0.15) is 52.9 Å². The molecule has 2 nitrogen and oxygen atoms in total. The number of hydrogen-bond acceptors (Lipinski definition) is 2. The highest BCUT2D eigenvalue weighted by Crippen LogP contribution is 2.29. The molecule has 15 heavy (non-hydrogen) atoms. The summed E-state index contributed by atoms with van der Waals surface area (Å²) in [6, 6.07) is 0. The van der Waals surface area contributed by atoms with Crippen molar-refractivity contribution < 1.29 is 0 Å². The van der Waals surface area contributed by atoms with Crippen molar-refractivity contribution in [3.63, 3.8) is 0 Å². The highest BCUT2D eigenvalue weighted by Gasteiger charge is 2.34. The van der Waals surface area contributed by atoms with Crippen molar-refractivity contribution in [2.45, 2.75) is 58.4 Å². The van der Waals surface area contributed by atoms with Crippen LogP contribution in [0.3, 0.4) is 0 Å². The summed E-state index contributed by atoms with van der Waals surface area (Å²) < 4.78 is 0. The lowest BCUT2D eigenvalue weighted by atomic mass is 9.94. The molecule has 0 amide bonds. The summed E-state index contributed by atoms with van der Waals surface area (Å²) in [4.78, 5) is 2.64. The fourth-order valence-electron chi connectivity index (χ4n) is 2.89. The molecule has 0 bridgehead atoms. The maximum atomic E-state index is 5.95. The zero-order valence-corrected chi connectivity index (χ0v) is 10.8. The number of nitrogens with zero attached hydrogens (tertiary/aromatic N) is 1. The first kappa shape index (κ1) is 13.0. The molecule has 2 atom stereocenters. The van der Waals surface area contributed by atoms with Crippen molar-refractivity contribution in [3.8, 4) is 0 Å². The third kappa shape index (κ3) is 3.18. The summed E-state index contributed by atoms with van der Waals surface area (Å²) in [6.45, 7) is 10.2. The van der Waals surface area contributed by atoms with Crippen LogP contribution in [0.15, 0.2) is 0 Å². The van der Waals surface area contributed by atoms with E-state index < -0.39 is 0 Å². The monoisotopic (exact) mass is 212 g/mol. The minimum absolute atomic E-state index is 0.261. The first-order valence-corrected chi connectivity index (χ1v) is 6.61. The summed E-state index contributed by atoms with van der Waals surface area (Å²) >= 11 is 0. The van der Waals surface area contributed by atoms with E-state index in [9.17, 15) is 0 Å². The minimum atomic E-state index is 0.261. The lowest BCUT2D eigenvalue weighted by Crippen LogP contribution is -2.50. The van der Waals surface area contributed by atoms with Crippen molar-refractivity contribution in [1.29, 1.82) is 0 Å². The molecular formula is C13H28N2. The molecule has 0 aromatic heterocycles. The molecule has 1 heterocycles. The molecule has 0 radical (unpaired) electrons. The molecule has 0 aromatic carbocycles. The number of hydrogen-bond donors (Lipinski definition) is 1. The third-order valence-corrected chi connectivity index (χ3v) is 3.97. The Balaban J connectivity index is 2.49. The van der Waals surface area contributed by atoms with E-state index in [2.05, 4.69) is 25.7 Å². The van der Waals surface area contributed by atoms with Gasteiger partial charge in [0.15, 0.2) is 0 Å². The molecule has 2 N–H and O–H groups in total. The normalized spacial score (nSPS) is 26.8. The summed E-state index contributed by atoms with van der Waals surface area (Å²) in [5, 5.41) is 0. The van der Waals surface area contributed by atoms with Gasteiger partial charge in [-0.3, -0.25) is 4.90 Å². The van der Waals surface area contributed by atoms with Crippen LogP contribution < -0.4 is 5.73 Å². The van der Waals surface area contributed by atoms with Gasteiger partial charge in [-0.1, -0.05) is 26.7 Å². The summed E-state index contributed by atoms with van der Waals surface area (Å²) in [7, 11) is 0. The molecule has 2 unspecified atom stereocenters. The summed E-state index contributed by atoms with van der Waals surface area (Å²) in [6.07, 6.45) is 6.58. The largest absolute Gasteiger partial charge is 0.329 e. The molecule has 1 aliphatic rings. The van der Waals surface area contributed by atoms with Gasteiger partial charge in [0.05, 0.1) is 0 Å². The van der Waals surface area contributed by atoms with Gasteiger partial charge in [-0.05, 0) is 38.6 Å². The molecule has 1 aliphatic heterocycles. The van der Waals surface area contributed by atoms with Gasteiger partial charge < -0.3 is 5.73 Å². The Morgan fingerprint density at radius 1 is 1.33 bits per heavy atom. The number of rotatable bonds is 6. The van der Waals surface area contributed by atoms with E-state index in [1.165, 1.54) is 45.2 Å². The maximum absolute atomic E-state index is 5.95. The Morgan fingerprint density at radius 2 is 2.07 bits per heavy atom. The van der Waals surface area contributed by atoms with E-state index in [-0.39, 0.29) is 5.54 Å². The minimum Gasteiger partial charge on any atom is -0.329 e. The molecular weight excluding hydrogens is 184 g/mol. The Bertz CT molecular complexity index is 181. The Morgan fingerprint density at radius 3 is 2.60 bits per heavy atom. The SMILES string of the molecule is CCCC1CCN(C(C)(CN)CCC)C1. The molecule has 1 saturated heterocycles. The smallest absolute Gasteiger partial charge is 0.0303 e. The molecule has 0 spiro atoms. The summed E-state index contributed by atoms with van der Waals surface area (Å²) in [5.41, 5.74) is 6.21. The second-order valence-electron chi connectivity index (χ2n) is 5.34. The lowest BCUT2D eigenvalue weighted by molar-refractivity contribution is 0.125. The standard InChI is InChI=1S/C13H28N2/c1-4-6-12-7-9-15(10-12)13(3,11-14)8-5-2/h12H,4-11,14H2,1-3H3. The number of nitrogens with two attached hydrogens (primary N) is 1. The van der Waals surface area contributed by atoms with E-state index in [4.69, 9.17) is 5.73 Å². The van der Waals surface area contributed by atoms with Crippen LogP contribution in [-0.4, -0.2) is 30.1 Å². The first-order valence-electron chi connectivity index (χ1n) is 6.61. The summed E-state index contributed by atoms with van der Waals surface area (Å²) in [5.74, 6) is 0.928. The van der Waals surface area contributed by atoms with E-state index >= 15 is 0 Å². The fraction of sp³-hybridized carbons (Fsp3) is 1.00. The average molecular weight is 212 g/mol. The number of likely N-dealkylation sites (tertiary alicyclic amines) is 1. The van der Waals surface area contributed by atoms with Crippen molar-refractivity contribution >= 4 is 0 Å². The predicted molar refractivity (Wildman–Crippen MR) is 67.0 cm³/mol. The Hall–Kier alpha value is -0.0800.